The fraction of sp³-hybridized carbons (Fsp3) is 0.632. The summed E-state index contributed by atoms with van der Waals surface area (Å²) in [6, 6.07) is 8.98. The van der Waals surface area contributed by atoms with E-state index in [-0.39, 0.29) is 6.04 Å². The van der Waals surface area contributed by atoms with Crippen molar-refractivity contribution in [1.29, 1.82) is 0 Å². The number of halogens is 1. The van der Waals surface area contributed by atoms with Crippen LogP contribution in [0.25, 0.3) is 0 Å². The SMILES string of the molecule is CN=C(NCC(c1cccc(Cl)c1)N1CCOCC1)NC1CCCC1. The standard InChI is InChI=1S/C19H29ClN4O/c1-21-19(23-17-7-2-3-8-17)22-14-18(24-9-11-25-12-10-24)15-5-4-6-16(20)13-15/h4-6,13,17-18H,2-3,7-12,14H2,1H3,(H2,21,22,23). The maximum absolute atomic E-state index is 6.23. The number of benzene rings is 1. The molecule has 1 aliphatic carbocycles. The van der Waals surface area contributed by atoms with Crippen LogP contribution in [0.3, 0.4) is 0 Å². The van der Waals surface area contributed by atoms with Gasteiger partial charge in [0.1, 0.15) is 0 Å². The van der Waals surface area contributed by atoms with Crippen LogP contribution in [0.15, 0.2) is 29.3 Å². The predicted octanol–water partition coefficient (Wildman–Crippen LogP) is 2.82. The zero-order valence-corrected chi connectivity index (χ0v) is 15.8. The Morgan fingerprint density at radius 2 is 2.08 bits per heavy atom. The molecule has 6 heteroatoms. The van der Waals surface area contributed by atoms with Crippen molar-refractivity contribution in [2.45, 2.75) is 37.8 Å². The smallest absolute Gasteiger partial charge is 0.191 e. The van der Waals surface area contributed by atoms with E-state index in [4.69, 9.17) is 16.3 Å². The molecule has 2 fully saturated rings. The number of nitrogens with one attached hydrogen (secondary N) is 2. The molecule has 1 aromatic rings. The van der Waals surface area contributed by atoms with Crippen LogP contribution in [0.4, 0.5) is 0 Å². The second kappa shape index (κ2) is 9.41. The Kier molecular flexibility index (Phi) is 6.96. The van der Waals surface area contributed by atoms with E-state index in [9.17, 15) is 0 Å². The Bertz CT molecular complexity index is 568. The van der Waals surface area contributed by atoms with E-state index >= 15 is 0 Å². The molecule has 138 valence electrons. The second-order valence-corrected chi connectivity index (χ2v) is 7.23. The summed E-state index contributed by atoms with van der Waals surface area (Å²) in [5.74, 6) is 0.896. The normalized spacial score (nSPS) is 21.3. The van der Waals surface area contributed by atoms with Gasteiger partial charge in [-0.05, 0) is 30.5 Å². The van der Waals surface area contributed by atoms with Crippen LogP contribution in [-0.4, -0.2) is 56.8 Å². The number of morpholine rings is 1. The van der Waals surface area contributed by atoms with Crippen LogP contribution in [0.1, 0.15) is 37.3 Å². The van der Waals surface area contributed by atoms with Crippen molar-refractivity contribution < 1.29 is 4.74 Å². The van der Waals surface area contributed by atoms with E-state index in [2.05, 4.69) is 32.7 Å². The van der Waals surface area contributed by atoms with Crippen molar-refractivity contribution in [2.75, 3.05) is 39.9 Å². The highest BCUT2D eigenvalue weighted by Crippen LogP contribution is 2.24. The molecule has 1 aliphatic heterocycles. The van der Waals surface area contributed by atoms with E-state index in [0.717, 1.165) is 43.8 Å². The lowest BCUT2D eigenvalue weighted by molar-refractivity contribution is 0.0170. The van der Waals surface area contributed by atoms with Crippen LogP contribution >= 0.6 is 11.6 Å². The van der Waals surface area contributed by atoms with Gasteiger partial charge in [0.15, 0.2) is 5.96 Å². The van der Waals surface area contributed by atoms with Crippen molar-refractivity contribution in [1.82, 2.24) is 15.5 Å². The average molecular weight is 365 g/mol. The van der Waals surface area contributed by atoms with Crippen molar-refractivity contribution >= 4 is 17.6 Å². The van der Waals surface area contributed by atoms with E-state index in [1.54, 1.807) is 0 Å². The molecule has 1 aromatic carbocycles. The first-order valence-corrected chi connectivity index (χ1v) is 9.68. The Hall–Kier alpha value is -1.30. The molecular formula is C19H29ClN4O. The minimum Gasteiger partial charge on any atom is -0.379 e. The first-order valence-electron chi connectivity index (χ1n) is 9.30. The third-order valence-corrected chi connectivity index (χ3v) is 5.34. The third kappa shape index (κ3) is 5.33. The summed E-state index contributed by atoms with van der Waals surface area (Å²) in [7, 11) is 1.84. The molecule has 1 atom stereocenters. The van der Waals surface area contributed by atoms with Gasteiger partial charge in [0.25, 0.3) is 0 Å². The number of aliphatic imine (C=N–C) groups is 1. The highest BCUT2D eigenvalue weighted by atomic mass is 35.5. The second-order valence-electron chi connectivity index (χ2n) is 6.80. The maximum Gasteiger partial charge on any atom is 0.191 e. The molecule has 5 nitrogen and oxygen atoms in total. The monoisotopic (exact) mass is 364 g/mol. The van der Waals surface area contributed by atoms with Gasteiger partial charge >= 0.3 is 0 Å². The quantitative estimate of drug-likeness (QED) is 0.623. The van der Waals surface area contributed by atoms with Gasteiger partial charge in [0.05, 0.1) is 19.3 Å². The summed E-state index contributed by atoms with van der Waals surface area (Å²) in [6.07, 6.45) is 5.10. The van der Waals surface area contributed by atoms with Crippen molar-refractivity contribution in [3.8, 4) is 0 Å². The molecule has 0 amide bonds. The Balaban J connectivity index is 1.66. The number of ether oxygens (including phenoxy) is 1. The van der Waals surface area contributed by atoms with Crippen molar-refractivity contribution in [3.05, 3.63) is 34.9 Å². The minimum atomic E-state index is 0.254. The molecule has 25 heavy (non-hydrogen) atoms. The zero-order valence-electron chi connectivity index (χ0n) is 15.0. The van der Waals surface area contributed by atoms with E-state index in [1.807, 2.05) is 19.2 Å². The number of rotatable bonds is 5. The molecule has 2 N–H and O–H groups in total. The van der Waals surface area contributed by atoms with Gasteiger partial charge in [-0.15, -0.1) is 0 Å². The molecule has 1 heterocycles. The van der Waals surface area contributed by atoms with Crippen LogP contribution in [-0.2, 0) is 4.74 Å². The summed E-state index contributed by atoms with van der Waals surface area (Å²) in [6.45, 7) is 4.24. The molecule has 0 aromatic heterocycles. The third-order valence-electron chi connectivity index (χ3n) is 5.10. The minimum absolute atomic E-state index is 0.254. The van der Waals surface area contributed by atoms with E-state index < -0.39 is 0 Å². The molecule has 1 saturated carbocycles. The topological polar surface area (TPSA) is 48.9 Å². The van der Waals surface area contributed by atoms with Gasteiger partial charge in [-0.25, -0.2) is 0 Å². The highest BCUT2D eigenvalue weighted by Gasteiger charge is 2.23. The lowest BCUT2D eigenvalue weighted by Crippen LogP contribution is -2.48. The Morgan fingerprint density at radius 3 is 2.76 bits per heavy atom. The van der Waals surface area contributed by atoms with Gasteiger partial charge in [0, 0.05) is 37.7 Å². The summed E-state index contributed by atoms with van der Waals surface area (Å²) in [5, 5.41) is 7.86. The highest BCUT2D eigenvalue weighted by molar-refractivity contribution is 6.30. The molecular weight excluding hydrogens is 336 g/mol. The lowest BCUT2D eigenvalue weighted by atomic mass is 10.0. The lowest BCUT2D eigenvalue weighted by Gasteiger charge is -2.35. The molecule has 0 bridgehead atoms. The average Bonchev–Trinajstić information content (AvgIpc) is 3.15. The van der Waals surface area contributed by atoms with Crippen molar-refractivity contribution in [2.24, 2.45) is 4.99 Å². The van der Waals surface area contributed by atoms with Crippen molar-refractivity contribution in [3.63, 3.8) is 0 Å². The van der Waals surface area contributed by atoms with E-state index in [1.165, 1.54) is 31.2 Å². The van der Waals surface area contributed by atoms with Gasteiger partial charge in [-0.1, -0.05) is 36.6 Å². The molecule has 0 radical (unpaired) electrons. The fourth-order valence-corrected chi connectivity index (χ4v) is 3.91. The van der Waals surface area contributed by atoms with Crippen LogP contribution < -0.4 is 10.6 Å². The van der Waals surface area contributed by atoms with Crippen LogP contribution in [0, 0.1) is 0 Å². The zero-order chi connectivity index (χ0) is 17.5. The predicted molar refractivity (Wildman–Crippen MR) is 103 cm³/mol. The number of hydrogen-bond donors (Lipinski definition) is 2. The molecule has 2 aliphatic rings. The first kappa shape index (κ1) is 18.5. The Morgan fingerprint density at radius 1 is 1.32 bits per heavy atom. The molecule has 1 saturated heterocycles. The fourth-order valence-electron chi connectivity index (χ4n) is 3.71. The first-order chi connectivity index (χ1) is 12.3. The molecule has 1 unspecified atom stereocenters. The van der Waals surface area contributed by atoms with E-state index in [0.29, 0.717) is 6.04 Å². The molecule has 3 rings (SSSR count). The van der Waals surface area contributed by atoms with Gasteiger partial charge in [0.2, 0.25) is 0 Å². The number of hydrogen-bond acceptors (Lipinski definition) is 3. The van der Waals surface area contributed by atoms with Crippen LogP contribution in [0.2, 0.25) is 5.02 Å². The Labute approximate surface area is 155 Å². The summed E-state index contributed by atoms with van der Waals surface area (Å²) in [5.41, 5.74) is 1.23. The van der Waals surface area contributed by atoms with Gasteiger partial charge in [-0.2, -0.15) is 0 Å². The summed E-state index contributed by atoms with van der Waals surface area (Å²) < 4.78 is 5.52. The maximum atomic E-state index is 6.23. The largest absolute Gasteiger partial charge is 0.379 e. The number of guanidine groups is 1. The molecule has 0 spiro atoms. The number of nitrogens with zero attached hydrogens (tertiary/aromatic N) is 2. The summed E-state index contributed by atoms with van der Waals surface area (Å²) in [4.78, 5) is 6.87. The summed E-state index contributed by atoms with van der Waals surface area (Å²) >= 11 is 6.23. The van der Waals surface area contributed by atoms with Crippen LogP contribution in [0.5, 0.6) is 0 Å². The van der Waals surface area contributed by atoms with Gasteiger partial charge in [-0.3, -0.25) is 9.89 Å². The van der Waals surface area contributed by atoms with Gasteiger partial charge < -0.3 is 15.4 Å².